The van der Waals surface area contributed by atoms with Gasteiger partial charge in [0.1, 0.15) is 0 Å². The van der Waals surface area contributed by atoms with E-state index in [-0.39, 0.29) is 5.91 Å². The molecule has 2 N–H and O–H groups in total. The van der Waals surface area contributed by atoms with Crippen LogP contribution in [0.3, 0.4) is 0 Å². The molecule has 0 unspecified atom stereocenters. The SMILES string of the molecule is CCNCC1CCN(CC(=O)Nc2ccc(C)cc2Br)CC1. The van der Waals surface area contributed by atoms with Crippen LogP contribution in [0, 0.1) is 12.8 Å². The Kier molecular flexibility index (Phi) is 6.86. The third-order valence-corrected chi connectivity index (χ3v) is 4.81. The second-order valence-electron chi connectivity index (χ2n) is 6.06. The van der Waals surface area contributed by atoms with Crippen LogP contribution in [0.5, 0.6) is 0 Å². The number of halogens is 1. The summed E-state index contributed by atoms with van der Waals surface area (Å²) in [6, 6.07) is 5.97. The summed E-state index contributed by atoms with van der Waals surface area (Å²) in [6.07, 6.45) is 2.35. The fourth-order valence-corrected chi connectivity index (χ4v) is 3.40. The Balaban J connectivity index is 1.76. The number of carbonyl (C=O) groups is 1. The number of benzene rings is 1. The van der Waals surface area contributed by atoms with Gasteiger partial charge in [-0.25, -0.2) is 0 Å². The first-order chi connectivity index (χ1) is 10.6. The molecule has 0 aromatic heterocycles. The zero-order valence-corrected chi connectivity index (χ0v) is 15.1. The van der Waals surface area contributed by atoms with Crippen molar-refractivity contribution >= 4 is 27.5 Å². The van der Waals surface area contributed by atoms with Crippen LogP contribution < -0.4 is 10.6 Å². The molecule has 0 radical (unpaired) electrons. The molecule has 1 aromatic carbocycles. The first-order valence-electron chi connectivity index (χ1n) is 8.07. The number of anilines is 1. The van der Waals surface area contributed by atoms with Crippen molar-refractivity contribution in [1.29, 1.82) is 0 Å². The van der Waals surface area contributed by atoms with E-state index in [0.717, 1.165) is 42.3 Å². The maximum absolute atomic E-state index is 12.2. The summed E-state index contributed by atoms with van der Waals surface area (Å²) in [7, 11) is 0. The summed E-state index contributed by atoms with van der Waals surface area (Å²) in [4.78, 5) is 14.4. The number of amides is 1. The van der Waals surface area contributed by atoms with Crippen LogP contribution >= 0.6 is 15.9 Å². The highest BCUT2D eigenvalue weighted by Crippen LogP contribution is 2.23. The Morgan fingerprint density at radius 1 is 1.36 bits per heavy atom. The van der Waals surface area contributed by atoms with Crippen molar-refractivity contribution in [1.82, 2.24) is 10.2 Å². The maximum Gasteiger partial charge on any atom is 0.238 e. The van der Waals surface area contributed by atoms with Crippen molar-refractivity contribution in [3.63, 3.8) is 0 Å². The van der Waals surface area contributed by atoms with E-state index in [1.54, 1.807) is 0 Å². The molecule has 0 atom stereocenters. The van der Waals surface area contributed by atoms with Gasteiger partial charge in [0.15, 0.2) is 0 Å². The topological polar surface area (TPSA) is 44.4 Å². The zero-order valence-electron chi connectivity index (χ0n) is 13.5. The van der Waals surface area contributed by atoms with Gasteiger partial charge in [0.2, 0.25) is 5.91 Å². The summed E-state index contributed by atoms with van der Waals surface area (Å²) in [5.41, 5.74) is 2.02. The molecule has 1 heterocycles. The van der Waals surface area contributed by atoms with Crippen LogP contribution in [0.4, 0.5) is 5.69 Å². The third-order valence-electron chi connectivity index (χ3n) is 4.16. The highest BCUT2D eigenvalue weighted by molar-refractivity contribution is 9.10. The zero-order chi connectivity index (χ0) is 15.9. The Bertz CT molecular complexity index is 499. The summed E-state index contributed by atoms with van der Waals surface area (Å²) >= 11 is 3.50. The van der Waals surface area contributed by atoms with Gasteiger partial charge in [-0.15, -0.1) is 0 Å². The van der Waals surface area contributed by atoms with Crippen molar-refractivity contribution in [3.8, 4) is 0 Å². The van der Waals surface area contributed by atoms with Gasteiger partial charge < -0.3 is 10.6 Å². The number of rotatable bonds is 6. The van der Waals surface area contributed by atoms with Crippen molar-refractivity contribution in [2.24, 2.45) is 5.92 Å². The Morgan fingerprint density at radius 3 is 2.73 bits per heavy atom. The molecule has 0 saturated carbocycles. The van der Waals surface area contributed by atoms with E-state index in [2.05, 4.69) is 38.4 Å². The van der Waals surface area contributed by atoms with E-state index in [1.807, 2.05) is 25.1 Å². The standard InChI is InChI=1S/C17H26BrN3O/c1-3-19-11-14-6-8-21(9-7-14)12-17(22)20-16-5-4-13(2)10-15(16)18/h4-5,10,14,19H,3,6-9,11-12H2,1-2H3,(H,20,22). The van der Waals surface area contributed by atoms with Crippen LogP contribution in [0.1, 0.15) is 25.3 Å². The van der Waals surface area contributed by atoms with Gasteiger partial charge in [-0.3, -0.25) is 9.69 Å². The molecule has 4 nitrogen and oxygen atoms in total. The van der Waals surface area contributed by atoms with Crippen LogP contribution in [0.15, 0.2) is 22.7 Å². The van der Waals surface area contributed by atoms with Gasteiger partial charge in [0.25, 0.3) is 0 Å². The number of nitrogens with zero attached hydrogens (tertiary/aromatic N) is 1. The quantitative estimate of drug-likeness (QED) is 0.811. The molecular weight excluding hydrogens is 342 g/mol. The van der Waals surface area contributed by atoms with Crippen molar-refractivity contribution in [3.05, 3.63) is 28.2 Å². The maximum atomic E-state index is 12.2. The predicted octanol–water partition coefficient (Wildman–Crippen LogP) is 3.02. The lowest BCUT2D eigenvalue weighted by molar-refractivity contribution is -0.117. The van der Waals surface area contributed by atoms with Gasteiger partial charge in [-0.1, -0.05) is 13.0 Å². The highest BCUT2D eigenvalue weighted by atomic mass is 79.9. The minimum absolute atomic E-state index is 0.0645. The van der Waals surface area contributed by atoms with E-state index in [9.17, 15) is 4.79 Å². The molecule has 0 aliphatic carbocycles. The Morgan fingerprint density at radius 2 is 2.09 bits per heavy atom. The van der Waals surface area contributed by atoms with Crippen LogP contribution in [0.2, 0.25) is 0 Å². The third kappa shape index (κ3) is 5.38. The van der Waals surface area contributed by atoms with Crippen LogP contribution in [-0.4, -0.2) is 43.5 Å². The lowest BCUT2D eigenvalue weighted by atomic mass is 9.97. The lowest BCUT2D eigenvalue weighted by Crippen LogP contribution is -2.41. The van der Waals surface area contributed by atoms with Crippen molar-refractivity contribution in [2.45, 2.75) is 26.7 Å². The summed E-state index contributed by atoms with van der Waals surface area (Å²) < 4.78 is 0.935. The van der Waals surface area contributed by atoms with E-state index in [0.29, 0.717) is 6.54 Å². The number of piperidine rings is 1. The van der Waals surface area contributed by atoms with E-state index in [1.165, 1.54) is 18.4 Å². The molecule has 0 spiro atoms. The molecule has 1 aromatic rings. The lowest BCUT2D eigenvalue weighted by Gasteiger charge is -2.31. The molecule has 22 heavy (non-hydrogen) atoms. The largest absolute Gasteiger partial charge is 0.324 e. The smallest absolute Gasteiger partial charge is 0.238 e. The van der Waals surface area contributed by atoms with Gasteiger partial charge in [0, 0.05) is 4.47 Å². The average molecular weight is 368 g/mol. The average Bonchev–Trinajstić information content (AvgIpc) is 2.49. The number of nitrogens with one attached hydrogen (secondary N) is 2. The molecule has 1 aliphatic rings. The fraction of sp³-hybridized carbons (Fsp3) is 0.588. The Hall–Kier alpha value is -0.910. The molecule has 1 saturated heterocycles. The summed E-state index contributed by atoms with van der Waals surface area (Å²) in [5, 5.41) is 6.40. The number of carbonyl (C=O) groups excluding carboxylic acids is 1. The first kappa shape index (κ1) is 17.4. The summed E-state index contributed by atoms with van der Waals surface area (Å²) in [5.74, 6) is 0.820. The normalized spacial score (nSPS) is 16.7. The van der Waals surface area contributed by atoms with E-state index < -0.39 is 0 Å². The molecule has 2 rings (SSSR count). The molecule has 5 heteroatoms. The number of likely N-dealkylation sites (tertiary alicyclic amines) is 1. The first-order valence-corrected chi connectivity index (χ1v) is 8.87. The van der Waals surface area contributed by atoms with Gasteiger partial charge in [0.05, 0.1) is 12.2 Å². The minimum Gasteiger partial charge on any atom is -0.324 e. The van der Waals surface area contributed by atoms with E-state index >= 15 is 0 Å². The fourth-order valence-electron chi connectivity index (χ4n) is 2.81. The Labute approximate surface area is 141 Å². The summed E-state index contributed by atoms with van der Waals surface area (Å²) in [6.45, 7) is 8.82. The number of aryl methyl sites for hydroxylation is 1. The minimum atomic E-state index is 0.0645. The molecule has 1 fully saturated rings. The highest BCUT2D eigenvalue weighted by Gasteiger charge is 2.20. The van der Waals surface area contributed by atoms with Gasteiger partial charge in [-0.2, -0.15) is 0 Å². The van der Waals surface area contributed by atoms with E-state index in [4.69, 9.17) is 0 Å². The molecular formula is C17H26BrN3O. The molecule has 122 valence electrons. The molecule has 1 aliphatic heterocycles. The molecule has 0 bridgehead atoms. The van der Waals surface area contributed by atoms with Crippen molar-refractivity contribution < 1.29 is 4.79 Å². The monoisotopic (exact) mass is 367 g/mol. The second-order valence-corrected chi connectivity index (χ2v) is 6.91. The van der Waals surface area contributed by atoms with Crippen LogP contribution in [-0.2, 0) is 4.79 Å². The molecule has 1 amide bonds. The number of hydrogen-bond donors (Lipinski definition) is 2. The number of hydrogen-bond acceptors (Lipinski definition) is 3. The van der Waals surface area contributed by atoms with Gasteiger partial charge >= 0.3 is 0 Å². The van der Waals surface area contributed by atoms with Crippen molar-refractivity contribution in [2.75, 3.05) is 38.0 Å². The van der Waals surface area contributed by atoms with Crippen LogP contribution in [0.25, 0.3) is 0 Å². The second kappa shape index (κ2) is 8.65. The van der Waals surface area contributed by atoms with Gasteiger partial charge in [-0.05, 0) is 85.5 Å². The predicted molar refractivity (Wildman–Crippen MR) is 95.2 cm³/mol.